The van der Waals surface area contributed by atoms with Crippen molar-refractivity contribution in [3.8, 4) is 0 Å². The molecule has 144 valence electrons. The van der Waals surface area contributed by atoms with Gasteiger partial charge in [-0.15, -0.1) is 11.3 Å². The van der Waals surface area contributed by atoms with Crippen molar-refractivity contribution >= 4 is 44.8 Å². The zero-order valence-corrected chi connectivity index (χ0v) is 16.6. The summed E-state index contributed by atoms with van der Waals surface area (Å²) in [6, 6.07) is 9.55. The van der Waals surface area contributed by atoms with Crippen LogP contribution in [-0.4, -0.2) is 37.6 Å². The van der Waals surface area contributed by atoms with Gasteiger partial charge in [0.25, 0.3) is 15.9 Å². The molecule has 1 aliphatic heterocycles. The molecule has 10 heteroatoms. The van der Waals surface area contributed by atoms with Crippen LogP contribution in [0.2, 0.25) is 5.02 Å². The van der Waals surface area contributed by atoms with Crippen molar-refractivity contribution in [3.63, 3.8) is 0 Å². The number of amides is 2. The molecule has 1 fully saturated rings. The minimum Gasteiger partial charge on any atom is -0.273 e. The Morgan fingerprint density at radius 1 is 1.07 bits per heavy atom. The molecule has 3 rings (SSSR count). The number of hydrogen-bond acceptors (Lipinski definition) is 5. The molecule has 2 heterocycles. The van der Waals surface area contributed by atoms with E-state index in [0.29, 0.717) is 27.6 Å². The number of nitrogens with one attached hydrogen (secondary N) is 2. The van der Waals surface area contributed by atoms with Crippen molar-refractivity contribution in [1.29, 1.82) is 0 Å². The van der Waals surface area contributed by atoms with E-state index >= 15 is 0 Å². The largest absolute Gasteiger partial charge is 0.273 e. The van der Waals surface area contributed by atoms with Crippen molar-refractivity contribution < 1.29 is 18.0 Å². The highest BCUT2D eigenvalue weighted by Gasteiger charge is 2.32. The molecule has 0 spiro atoms. The number of thiophene rings is 1. The van der Waals surface area contributed by atoms with Gasteiger partial charge in [-0.05, 0) is 48.6 Å². The van der Waals surface area contributed by atoms with E-state index in [9.17, 15) is 18.0 Å². The molecule has 1 aromatic carbocycles. The maximum absolute atomic E-state index is 12.5. The predicted molar refractivity (Wildman–Crippen MR) is 103 cm³/mol. The van der Waals surface area contributed by atoms with E-state index in [1.165, 1.54) is 15.6 Å². The first-order chi connectivity index (χ1) is 12.9. The molecule has 0 saturated carbocycles. The van der Waals surface area contributed by atoms with E-state index in [1.54, 1.807) is 41.8 Å². The molecule has 1 saturated heterocycles. The fourth-order valence-electron chi connectivity index (χ4n) is 2.79. The molecule has 7 nitrogen and oxygen atoms in total. The maximum Gasteiger partial charge on any atom is 0.269 e. The fourth-order valence-corrected chi connectivity index (χ4v) is 5.53. The number of sulfonamides is 1. The molecule has 0 unspecified atom stereocenters. The van der Waals surface area contributed by atoms with Gasteiger partial charge in [0.15, 0.2) is 0 Å². The summed E-state index contributed by atoms with van der Waals surface area (Å²) in [6.07, 6.45) is 0.792. The Morgan fingerprint density at radius 2 is 1.74 bits per heavy atom. The highest BCUT2D eigenvalue weighted by atomic mass is 35.5. The van der Waals surface area contributed by atoms with Gasteiger partial charge in [-0.25, -0.2) is 8.42 Å². The number of piperidine rings is 1. The Balaban J connectivity index is 1.50. The summed E-state index contributed by atoms with van der Waals surface area (Å²) in [6.45, 7) is 0.535. The third-order valence-electron chi connectivity index (χ3n) is 4.32. The van der Waals surface area contributed by atoms with Crippen molar-refractivity contribution in [2.75, 3.05) is 13.1 Å². The lowest BCUT2D eigenvalue weighted by Crippen LogP contribution is -2.48. The van der Waals surface area contributed by atoms with E-state index in [0.717, 1.165) is 0 Å². The zero-order chi connectivity index (χ0) is 19.4. The van der Waals surface area contributed by atoms with Gasteiger partial charge in [0.2, 0.25) is 5.91 Å². The highest BCUT2D eigenvalue weighted by Crippen LogP contribution is 2.26. The van der Waals surface area contributed by atoms with E-state index in [1.807, 2.05) is 0 Å². The van der Waals surface area contributed by atoms with E-state index in [2.05, 4.69) is 10.9 Å². The van der Waals surface area contributed by atoms with Crippen molar-refractivity contribution in [2.24, 2.45) is 5.92 Å². The maximum atomic E-state index is 12.5. The third kappa shape index (κ3) is 4.67. The van der Waals surface area contributed by atoms with Crippen LogP contribution in [0, 0.1) is 5.92 Å². The molecule has 0 aliphatic carbocycles. The lowest BCUT2D eigenvalue weighted by Gasteiger charge is -2.30. The summed E-state index contributed by atoms with van der Waals surface area (Å²) in [5.74, 6) is -1.13. The van der Waals surface area contributed by atoms with Crippen LogP contribution in [0.4, 0.5) is 0 Å². The Kier molecular flexibility index (Phi) is 6.15. The smallest absolute Gasteiger partial charge is 0.269 e. The first-order valence-corrected chi connectivity index (χ1v) is 11.0. The van der Waals surface area contributed by atoms with Gasteiger partial charge in [0.05, 0.1) is 0 Å². The standard InChI is InChI=1S/C17H18ClN3O4S2/c18-14-5-3-12(4-6-14)16(22)19-20-17(23)13-7-9-21(10-8-13)27(24,25)15-2-1-11-26-15/h1-6,11,13H,7-10H2,(H,19,22)(H,20,23). The van der Waals surface area contributed by atoms with E-state index in [-0.39, 0.29) is 24.9 Å². The van der Waals surface area contributed by atoms with Gasteiger partial charge in [-0.1, -0.05) is 17.7 Å². The van der Waals surface area contributed by atoms with Crippen LogP contribution in [0.5, 0.6) is 0 Å². The molecular weight excluding hydrogens is 410 g/mol. The monoisotopic (exact) mass is 427 g/mol. The molecule has 27 heavy (non-hydrogen) atoms. The summed E-state index contributed by atoms with van der Waals surface area (Å²) in [5, 5.41) is 2.23. The summed E-state index contributed by atoms with van der Waals surface area (Å²) < 4.78 is 26.7. The van der Waals surface area contributed by atoms with Gasteiger partial charge < -0.3 is 0 Å². The van der Waals surface area contributed by atoms with Crippen LogP contribution in [0.3, 0.4) is 0 Å². The minimum atomic E-state index is -3.49. The molecule has 2 aromatic rings. The van der Waals surface area contributed by atoms with Crippen LogP contribution in [0.1, 0.15) is 23.2 Å². The first kappa shape index (κ1) is 19.8. The molecule has 0 radical (unpaired) electrons. The average Bonchev–Trinajstić information content (AvgIpc) is 3.22. The number of hydrazine groups is 1. The minimum absolute atomic E-state index is 0.267. The van der Waals surface area contributed by atoms with Gasteiger partial charge in [-0.2, -0.15) is 4.31 Å². The molecule has 1 aliphatic rings. The second-order valence-electron chi connectivity index (χ2n) is 6.06. The van der Waals surface area contributed by atoms with E-state index in [4.69, 9.17) is 11.6 Å². The quantitative estimate of drug-likeness (QED) is 0.731. The van der Waals surface area contributed by atoms with E-state index < -0.39 is 15.9 Å². The number of halogens is 1. The van der Waals surface area contributed by atoms with Crippen LogP contribution < -0.4 is 10.9 Å². The third-order valence-corrected chi connectivity index (χ3v) is 7.84. The molecular formula is C17H18ClN3O4S2. The molecule has 2 amide bonds. The summed E-state index contributed by atoms with van der Waals surface area (Å²) in [4.78, 5) is 24.3. The second kappa shape index (κ2) is 8.39. The summed E-state index contributed by atoms with van der Waals surface area (Å²) in [5.41, 5.74) is 5.15. The predicted octanol–water partition coefficient (Wildman–Crippen LogP) is 2.26. The van der Waals surface area contributed by atoms with Crippen molar-refractivity contribution in [2.45, 2.75) is 17.1 Å². The van der Waals surface area contributed by atoms with Gasteiger partial charge in [0, 0.05) is 29.6 Å². The van der Waals surface area contributed by atoms with Gasteiger partial charge >= 0.3 is 0 Å². The highest BCUT2D eigenvalue weighted by molar-refractivity contribution is 7.91. The Labute approximate surface area is 166 Å². The topological polar surface area (TPSA) is 95.6 Å². The van der Waals surface area contributed by atoms with Crippen LogP contribution in [0.15, 0.2) is 46.0 Å². The number of carbonyl (C=O) groups is 2. The number of hydrogen-bond donors (Lipinski definition) is 2. The first-order valence-electron chi connectivity index (χ1n) is 8.27. The second-order valence-corrected chi connectivity index (χ2v) is 9.61. The Morgan fingerprint density at radius 3 is 2.33 bits per heavy atom. The van der Waals surface area contributed by atoms with Crippen LogP contribution in [0.25, 0.3) is 0 Å². The Hall–Kier alpha value is -1.94. The number of nitrogens with zero attached hydrogens (tertiary/aromatic N) is 1. The molecule has 0 atom stereocenters. The van der Waals surface area contributed by atoms with Crippen LogP contribution >= 0.6 is 22.9 Å². The lowest BCUT2D eigenvalue weighted by molar-refractivity contribution is -0.126. The SMILES string of the molecule is O=C(NNC(=O)C1CCN(S(=O)(=O)c2cccs2)CC1)c1ccc(Cl)cc1. The van der Waals surface area contributed by atoms with Crippen molar-refractivity contribution in [3.05, 3.63) is 52.4 Å². The van der Waals surface area contributed by atoms with Gasteiger partial charge in [-0.3, -0.25) is 20.4 Å². The Bertz CT molecular complexity index is 906. The van der Waals surface area contributed by atoms with Gasteiger partial charge in [0.1, 0.15) is 4.21 Å². The van der Waals surface area contributed by atoms with Crippen LogP contribution in [-0.2, 0) is 14.8 Å². The fraction of sp³-hybridized carbons (Fsp3) is 0.294. The number of rotatable bonds is 4. The zero-order valence-electron chi connectivity index (χ0n) is 14.2. The number of benzene rings is 1. The van der Waals surface area contributed by atoms with Crippen molar-refractivity contribution in [1.82, 2.24) is 15.2 Å². The summed E-state index contributed by atoms with van der Waals surface area (Å²) in [7, 11) is -3.49. The lowest BCUT2D eigenvalue weighted by atomic mass is 9.98. The molecule has 1 aromatic heterocycles. The molecule has 2 N–H and O–H groups in total. The average molecular weight is 428 g/mol. The number of carbonyl (C=O) groups excluding carboxylic acids is 2. The normalized spacial score (nSPS) is 16.0. The molecule has 0 bridgehead atoms. The summed E-state index contributed by atoms with van der Waals surface area (Å²) >= 11 is 6.95.